The molecule has 3 aromatic rings. The fourth-order valence-corrected chi connectivity index (χ4v) is 13.9. The normalized spacial score (nSPS) is 15.5. The number of nitrogens with one attached hydrogen (secondary N) is 1. The average molecular weight is 563 g/mol. The standard InChI is InChI=1S/C33H50N4O2Si/c1-22(2)40(23(3)4,24(5)6)37-21-30(26-15-17-36(18-16-26)32(38)39-33(8,9)10)29-14-13-27(19-31(29)37)35-28-12-11-25(7)34-20-28/h11-14,19-24,26,35H,15-18H2,1-10H3. The highest BCUT2D eigenvalue weighted by Gasteiger charge is 2.46. The van der Waals surface area contributed by atoms with E-state index < -0.39 is 13.8 Å². The van der Waals surface area contributed by atoms with Gasteiger partial charge in [-0.2, -0.15) is 0 Å². The third-order valence-corrected chi connectivity index (χ3v) is 15.6. The van der Waals surface area contributed by atoms with Crippen molar-refractivity contribution in [1.82, 2.24) is 14.1 Å². The number of aromatic nitrogens is 2. The Morgan fingerprint density at radius 2 is 1.57 bits per heavy atom. The molecule has 0 atom stereocenters. The lowest BCUT2D eigenvalue weighted by molar-refractivity contribution is 0.0205. The fraction of sp³-hybridized carbons (Fsp3) is 0.576. The van der Waals surface area contributed by atoms with Gasteiger partial charge in [0.15, 0.2) is 8.24 Å². The highest BCUT2D eigenvalue weighted by molar-refractivity contribution is 6.82. The van der Waals surface area contributed by atoms with Crippen LogP contribution in [0, 0.1) is 6.92 Å². The molecule has 0 saturated carbocycles. The Hall–Kier alpha value is -2.80. The largest absolute Gasteiger partial charge is 0.444 e. The topological polar surface area (TPSA) is 59.4 Å². The van der Waals surface area contributed by atoms with Crippen LogP contribution in [-0.4, -0.2) is 47.1 Å². The van der Waals surface area contributed by atoms with Crippen LogP contribution in [0.4, 0.5) is 16.2 Å². The number of rotatable bonds is 7. The smallest absolute Gasteiger partial charge is 0.410 e. The first-order chi connectivity index (χ1) is 18.7. The van der Waals surface area contributed by atoms with Crippen LogP contribution < -0.4 is 5.32 Å². The summed E-state index contributed by atoms with van der Waals surface area (Å²) in [6, 6.07) is 11.0. The minimum absolute atomic E-state index is 0.194. The lowest BCUT2D eigenvalue weighted by Crippen LogP contribution is -2.51. The summed E-state index contributed by atoms with van der Waals surface area (Å²) in [5.41, 5.74) is 7.15. The summed E-state index contributed by atoms with van der Waals surface area (Å²) in [5, 5.41) is 4.95. The van der Waals surface area contributed by atoms with Crippen LogP contribution in [0.3, 0.4) is 0 Å². The second-order valence-electron chi connectivity index (χ2n) is 13.6. The molecule has 1 saturated heterocycles. The second kappa shape index (κ2) is 11.6. The number of ether oxygens (including phenoxy) is 1. The summed E-state index contributed by atoms with van der Waals surface area (Å²) in [6.45, 7) is 23.8. The molecule has 2 aromatic heterocycles. The molecule has 0 aliphatic carbocycles. The van der Waals surface area contributed by atoms with Crippen molar-refractivity contribution in [1.29, 1.82) is 0 Å². The minimum atomic E-state index is -2.00. The molecule has 0 bridgehead atoms. The molecular formula is C33H50N4O2Si. The second-order valence-corrected chi connectivity index (χ2v) is 19.3. The molecule has 1 aliphatic rings. The van der Waals surface area contributed by atoms with Gasteiger partial charge in [0.2, 0.25) is 0 Å². The van der Waals surface area contributed by atoms with Gasteiger partial charge in [-0.05, 0) is 99.1 Å². The van der Waals surface area contributed by atoms with Gasteiger partial charge in [-0.15, -0.1) is 0 Å². The molecule has 3 heterocycles. The highest BCUT2D eigenvalue weighted by Crippen LogP contribution is 2.47. The number of fused-ring (bicyclic) bond motifs is 1. The van der Waals surface area contributed by atoms with Crippen molar-refractivity contribution in [2.24, 2.45) is 0 Å². The zero-order valence-electron chi connectivity index (χ0n) is 26.3. The molecule has 218 valence electrons. The van der Waals surface area contributed by atoms with Gasteiger partial charge in [-0.1, -0.05) is 47.6 Å². The summed E-state index contributed by atoms with van der Waals surface area (Å²) < 4.78 is 8.41. The fourth-order valence-electron chi connectivity index (χ4n) is 7.22. The molecule has 1 N–H and O–H groups in total. The maximum atomic E-state index is 12.7. The number of benzene rings is 1. The van der Waals surface area contributed by atoms with Crippen LogP contribution in [-0.2, 0) is 4.74 Å². The van der Waals surface area contributed by atoms with Crippen molar-refractivity contribution in [2.45, 2.75) is 110 Å². The summed E-state index contributed by atoms with van der Waals surface area (Å²) in [6.07, 6.45) is 6.13. The van der Waals surface area contributed by atoms with E-state index in [-0.39, 0.29) is 6.09 Å². The maximum absolute atomic E-state index is 12.7. The molecule has 1 fully saturated rings. The van der Waals surface area contributed by atoms with E-state index in [1.807, 2.05) is 44.9 Å². The van der Waals surface area contributed by atoms with E-state index in [4.69, 9.17) is 4.74 Å². The zero-order chi connectivity index (χ0) is 29.4. The molecule has 0 spiro atoms. The number of piperidine rings is 1. The molecule has 0 unspecified atom stereocenters. The molecule has 0 radical (unpaired) electrons. The summed E-state index contributed by atoms with van der Waals surface area (Å²) in [5.74, 6) is 0.417. The van der Waals surface area contributed by atoms with E-state index in [1.54, 1.807) is 0 Å². The lowest BCUT2D eigenvalue weighted by Gasteiger charge is -2.44. The Kier molecular flexibility index (Phi) is 8.74. The van der Waals surface area contributed by atoms with E-state index in [1.165, 1.54) is 16.5 Å². The zero-order valence-corrected chi connectivity index (χ0v) is 27.3. The van der Waals surface area contributed by atoms with Crippen LogP contribution >= 0.6 is 0 Å². The Morgan fingerprint density at radius 1 is 0.975 bits per heavy atom. The van der Waals surface area contributed by atoms with Crippen LogP contribution in [0.15, 0.2) is 42.7 Å². The SMILES string of the molecule is Cc1ccc(Nc2ccc3c(C4CCN(C(=O)OC(C)(C)C)CC4)cn([Si](C(C)C)(C(C)C)C(C)C)c3c2)cn1. The average Bonchev–Trinajstić information content (AvgIpc) is 3.23. The maximum Gasteiger partial charge on any atom is 0.410 e. The number of hydrogen-bond donors (Lipinski definition) is 1. The molecule has 1 aromatic carbocycles. The number of nitrogens with zero attached hydrogens (tertiary/aromatic N) is 3. The van der Waals surface area contributed by atoms with Crippen molar-refractivity contribution < 1.29 is 9.53 Å². The summed E-state index contributed by atoms with van der Waals surface area (Å²) in [4.78, 5) is 19.1. The number of amides is 1. The number of pyridine rings is 1. The number of carbonyl (C=O) groups is 1. The third-order valence-electron chi connectivity index (χ3n) is 8.81. The molecule has 1 amide bonds. The number of likely N-dealkylation sites (tertiary alicyclic amines) is 1. The predicted octanol–water partition coefficient (Wildman–Crippen LogP) is 9.23. The van der Waals surface area contributed by atoms with Crippen LogP contribution in [0.2, 0.25) is 16.6 Å². The number of hydrogen-bond acceptors (Lipinski definition) is 4. The van der Waals surface area contributed by atoms with E-state index in [0.29, 0.717) is 22.5 Å². The molecule has 6 nitrogen and oxygen atoms in total. The van der Waals surface area contributed by atoms with Crippen LogP contribution in [0.25, 0.3) is 10.9 Å². The Balaban J connectivity index is 1.76. The van der Waals surface area contributed by atoms with Crippen molar-refractivity contribution in [3.63, 3.8) is 0 Å². The minimum Gasteiger partial charge on any atom is -0.444 e. The molecule has 7 heteroatoms. The monoisotopic (exact) mass is 562 g/mol. The van der Waals surface area contributed by atoms with Crippen molar-refractivity contribution in [3.05, 3.63) is 54.0 Å². The Morgan fingerprint density at radius 3 is 2.10 bits per heavy atom. The molecule has 4 rings (SSSR count). The Bertz CT molecular complexity index is 1290. The lowest BCUT2D eigenvalue weighted by atomic mass is 9.89. The van der Waals surface area contributed by atoms with Gasteiger partial charge in [0.25, 0.3) is 0 Å². The van der Waals surface area contributed by atoms with Gasteiger partial charge in [-0.25, -0.2) is 4.79 Å². The van der Waals surface area contributed by atoms with Gasteiger partial charge in [-0.3, -0.25) is 4.98 Å². The van der Waals surface area contributed by atoms with Crippen molar-refractivity contribution in [3.8, 4) is 0 Å². The quantitative estimate of drug-likeness (QED) is 0.292. The third kappa shape index (κ3) is 5.95. The van der Waals surface area contributed by atoms with Crippen molar-refractivity contribution in [2.75, 3.05) is 18.4 Å². The van der Waals surface area contributed by atoms with Crippen LogP contribution in [0.5, 0.6) is 0 Å². The summed E-state index contributed by atoms with van der Waals surface area (Å²) in [7, 11) is -2.00. The summed E-state index contributed by atoms with van der Waals surface area (Å²) >= 11 is 0. The van der Waals surface area contributed by atoms with Gasteiger partial charge in [0.1, 0.15) is 5.60 Å². The van der Waals surface area contributed by atoms with Crippen molar-refractivity contribution >= 4 is 36.6 Å². The highest BCUT2D eigenvalue weighted by atomic mass is 28.3. The van der Waals surface area contributed by atoms with E-state index >= 15 is 0 Å². The van der Waals surface area contributed by atoms with Crippen LogP contribution in [0.1, 0.15) is 92.3 Å². The number of aryl methyl sites for hydroxylation is 1. The first kappa shape index (κ1) is 30.2. The molecular weight excluding hydrogens is 512 g/mol. The van der Waals surface area contributed by atoms with E-state index in [2.05, 4.69) is 86.5 Å². The van der Waals surface area contributed by atoms with E-state index in [0.717, 1.165) is 43.0 Å². The van der Waals surface area contributed by atoms with E-state index in [9.17, 15) is 4.79 Å². The number of carbonyl (C=O) groups excluding carboxylic acids is 1. The molecule has 1 aliphatic heterocycles. The van der Waals surface area contributed by atoms with Gasteiger partial charge in [0.05, 0.1) is 11.9 Å². The number of anilines is 2. The Labute approximate surface area is 242 Å². The molecule has 40 heavy (non-hydrogen) atoms. The van der Waals surface area contributed by atoms with Gasteiger partial charge in [0, 0.05) is 35.4 Å². The predicted molar refractivity (Wildman–Crippen MR) is 170 cm³/mol. The van der Waals surface area contributed by atoms with Gasteiger partial charge >= 0.3 is 6.09 Å². The first-order valence-corrected chi connectivity index (χ1v) is 17.2. The first-order valence-electron chi connectivity index (χ1n) is 15.1. The van der Waals surface area contributed by atoms with Gasteiger partial charge < -0.3 is 19.2 Å².